The molecule has 2 fully saturated rings. The Kier molecular flexibility index (Phi) is 4.32. The molecule has 0 N–H and O–H groups in total. The first-order chi connectivity index (χ1) is 14.1. The SMILES string of the molecule is C=C1C2CC(C(=C(c3ccccc3)c3ccccc3)C2c2ccccc2)C1(C)C. The van der Waals surface area contributed by atoms with Crippen LogP contribution in [-0.4, -0.2) is 0 Å². The Labute approximate surface area is 174 Å². The summed E-state index contributed by atoms with van der Waals surface area (Å²) < 4.78 is 0. The predicted octanol–water partition coefficient (Wildman–Crippen LogP) is 7.50. The van der Waals surface area contributed by atoms with Gasteiger partial charge in [-0.05, 0) is 51.5 Å². The van der Waals surface area contributed by atoms with E-state index in [1.54, 1.807) is 5.57 Å². The molecular weight excluding hydrogens is 348 g/mol. The highest BCUT2D eigenvalue weighted by Crippen LogP contribution is 2.67. The van der Waals surface area contributed by atoms with E-state index in [0.29, 0.717) is 17.8 Å². The van der Waals surface area contributed by atoms with Gasteiger partial charge < -0.3 is 0 Å². The topological polar surface area (TPSA) is 0 Å². The van der Waals surface area contributed by atoms with Gasteiger partial charge in [-0.25, -0.2) is 0 Å². The maximum atomic E-state index is 4.58. The maximum absolute atomic E-state index is 4.58. The third kappa shape index (κ3) is 2.82. The molecule has 2 aliphatic rings. The molecule has 29 heavy (non-hydrogen) atoms. The van der Waals surface area contributed by atoms with Crippen LogP contribution in [0.1, 0.15) is 42.9 Å². The largest absolute Gasteiger partial charge is 0.0990 e. The minimum atomic E-state index is 0.139. The highest BCUT2D eigenvalue weighted by atomic mass is 14.6. The Morgan fingerprint density at radius 3 is 1.76 bits per heavy atom. The highest BCUT2D eigenvalue weighted by molar-refractivity contribution is 5.84. The number of hydrogen-bond donors (Lipinski definition) is 0. The van der Waals surface area contributed by atoms with Gasteiger partial charge in [0.1, 0.15) is 0 Å². The van der Waals surface area contributed by atoms with Crippen LogP contribution in [0.4, 0.5) is 0 Å². The predicted molar refractivity (Wildman–Crippen MR) is 123 cm³/mol. The van der Waals surface area contributed by atoms with Gasteiger partial charge in [0.2, 0.25) is 0 Å². The van der Waals surface area contributed by atoms with Crippen molar-refractivity contribution in [2.75, 3.05) is 0 Å². The maximum Gasteiger partial charge on any atom is 0.0126 e. The van der Waals surface area contributed by atoms with E-state index in [9.17, 15) is 0 Å². The summed E-state index contributed by atoms with van der Waals surface area (Å²) in [6, 6.07) is 33.0. The number of hydrogen-bond acceptors (Lipinski definition) is 0. The lowest BCUT2D eigenvalue weighted by molar-refractivity contribution is 0.339. The van der Waals surface area contributed by atoms with Gasteiger partial charge in [0.15, 0.2) is 0 Å². The second-order valence-electron chi connectivity index (χ2n) is 9.09. The molecule has 5 rings (SSSR count). The Morgan fingerprint density at radius 2 is 1.24 bits per heavy atom. The fourth-order valence-electron chi connectivity index (χ4n) is 5.79. The van der Waals surface area contributed by atoms with Crippen molar-refractivity contribution in [3.05, 3.63) is 125 Å². The summed E-state index contributed by atoms with van der Waals surface area (Å²) in [5.41, 5.74) is 8.67. The van der Waals surface area contributed by atoms with Crippen LogP contribution in [-0.2, 0) is 0 Å². The van der Waals surface area contributed by atoms with E-state index in [2.05, 4.69) is 111 Å². The molecule has 0 spiro atoms. The van der Waals surface area contributed by atoms with Crippen LogP contribution in [0.3, 0.4) is 0 Å². The van der Waals surface area contributed by atoms with E-state index >= 15 is 0 Å². The van der Waals surface area contributed by atoms with Gasteiger partial charge in [0.25, 0.3) is 0 Å². The number of rotatable bonds is 3. The van der Waals surface area contributed by atoms with Gasteiger partial charge in [-0.15, -0.1) is 0 Å². The van der Waals surface area contributed by atoms with Crippen molar-refractivity contribution < 1.29 is 0 Å². The minimum absolute atomic E-state index is 0.139. The molecule has 3 unspecified atom stereocenters. The first kappa shape index (κ1) is 18.2. The zero-order chi connectivity index (χ0) is 20.0. The lowest BCUT2D eigenvalue weighted by Gasteiger charge is -2.40. The Bertz CT molecular complexity index is 1010. The second kappa shape index (κ2) is 6.88. The molecule has 0 radical (unpaired) electrons. The Hall–Kier alpha value is -2.86. The number of benzene rings is 3. The first-order valence-electron chi connectivity index (χ1n) is 10.7. The van der Waals surface area contributed by atoms with Gasteiger partial charge in [0, 0.05) is 5.92 Å². The van der Waals surface area contributed by atoms with Crippen molar-refractivity contribution in [1.82, 2.24) is 0 Å². The normalized spacial score (nSPS) is 24.7. The lowest BCUT2D eigenvalue weighted by Crippen LogP contribution is -2.29. The number of fused-ring (bicyclic) bond motifs is 2. The standard InChI is InChI=1S/C29H28/c1-20-24-19-25(29(20,2)3)28(27(24)23-17-11-6-12-18-23)26(21-13-7-4-8-14-21)22-15-9-5-10-16-22/h4-18,24-25,27H,1,19H2,2-3H3. The molecule has 0 aromatic heterocycles. The quantitative estimate of drug-likeness (QED) is 0.415. The molecule has 0 heteroatoms. The van der Waals surface area contributed by atoms with E-state index in [-0.39, 0.29) is 5.41 Å². The van der Waals surface area contributed by atoms with Crippen molar-refractivity contribution in [3.8, 4) is 0 Å². The summed E-state index contributed by atoms with van der Waals surface area (Å²) in [5.74, 6) is 1.47. The molecule has 2 saturated carbocycles. The van der Waals surface area contributed by atoms with Crippen molar-refractivity contribution in [2.45, 2.75) is 26.2 Å². The van der Waals surface area contributed by atoms with E-state index in [1.165, 1.54) is 34.3 Å². The molecule has 0 saturated heterocycles. The van der Waals surface area contributed by atoms with E-state index < -0.39 is 0 Å². The summed E-state index contributed by atoms with van der Waals surface area (Å²) in [4.78, 5) is 0. The van der Waals surface area contributed by atoms with Crippen LogP contribution in [0.15, 0.2) is 109 Å². The molecule has 0 amide bonds. The van der Waals surface area contributed by atoms with Crippen molar-refractivity contribution in [2.24, 2.45) is 17.3 Å². The van der Waals surface area contributed by atoms with Crippen molar-refractivity contribution >= 4 is 5.57 Å². The summed E-state index contributed by atoms with van der Waals surface area (Å²) in [6.45, 7) is 9.38. The summed E-state index contributed by atoms with van der Waals surface area (Å²) >= 11 is 0. The van der Waals surface area contributed by atoms with Crippen LogP contribution in [0, 0.1) is 17.3 Å². The van der Waals surface area contributed by atoms with Gasteiger partial charge in [-0.3, -0.25) is 0 Å². The average molecular weight is 377 g/mol. The van der Waals surface area contributed by atoms with Crippen molar-refractivity contribution in [3.63, 3.8) is 0 Å². The van der Waals surface area contributed by atoms with Crippen LogP contribution >= 0.6 is 0 Å². The molecule has 0 heterocycles. The van der Waals surface area contributed by atoms with Crippen LogP contribution in [0.2, 0.25) is 0 Å². The molecule has 2 aliphatic carbocycles. The number of allylic oxidation sites excluding steroid dienone is 2. The van der Waals surface area contributed by atoms with Gasteiger partial charge in [-0.2, -0.15) is 0 Å². The molecular formula is C29H28. The molecule has 3 atom stereocenters. The Balaban J connectivity index is 1.82. The molecule has 3 aromatic rings. The van der Waals surface area contributed by atoms with Crippen LogP contribution in [0.25, 0.3) is 5.57 Å². The summed E-state index contributed by atoms with van der Waals surface area (Å²) in [5, 5.41) is 0. The van der Waals surface area contributed by atoms with Gasteiger partial charge in [-0.1, -0.05) is 117 Å². The molecule has 2 bridgehead atoms. The van der Waals surface area contributed by atoms with Gasteiger partial charge >= 0.3 is 0 Å². The lowest BCUT2D eigenvalue weighted by atomic mass is 9.64. The van der Waals surface area contributed by atoms with E-state index in [1.807, 2.05) is 0 Å². The van der Waals surface area contributed by atoms with Crippen molar-refractivity contribution in [1.29, 1.82) is 0 Å². The zero-order valence-electron chi connectivity index (χ0n) is 17.3. The van der Waals surface area contributed by atoms with Crippen LogP contribution < -0.4 is 0 Å². The van der Waals surface area contributed by atoms with E-state index in [0.717, 1.165) is 0 Å². The zero-order valence-corrected chi connectivity index (χ0v) is 17.3. The highest BCUT2D eigenvalue weighted by Gasteiger charge is 2.56. The molecule has 3 aromatic carbocycles. The third-order valence-corrected chi connectivity index (χ3v) is 7.32. The average Bonchev–Trinajstić information content (AvgIpc) is 3.25. The smallest absolute Gasteiger partial charge is 0.0126 e. The minimum Gasteiger partial charge on any atom is -0.0990 e. The fraction of sp³-hybridized carbons (Fsp3) is 0.241. The molecule has 0 aliphatic heterocycles. The summed E-state index contributed by atoms with van der Waals surface area (Å²) in [7, 11) is 0. The van der Waals surface area contributed by atoms with Gasteiger partial charge in [0.05, 0.1) is 0 Å². The van der Waals surface area contributed by atoms with Crippen LogP contribution in [0.5, 0.6) is 0 Å². The molecule has 0 nitrogen and oxygen atoms in total. The summed E-state index contributed by atoms with van der Waals surface area (Å²) in [6.07, 6.45) is 1.21. The van der Waals surface area contributed by atoms with E-state index in [4.69, 9.17) is 0 Å². The second-order valence-corrected chi connectivity index (χ2v) is 9.09. The third-order valence-electron chi connectivity index (χ3n) is 7.32. The first-order valence-corrected chi connectivity index (χ1v) is 10.7. The Morgan fingerprint density at radius 1 is 0.759 bits per heavy atom. The fourth-order valence-corrected chi connectivity index (χ4v) is 5.79. The molecule has 144 valence electrons. The monoisotopic (exact) mass is 376 g/mol.